The highest BCUT2D eigenvalue weighted by Gasteiger charge is 2.47. The molecule has 0 bridgehead atoms. The van der Waals surface area contributed by atoms with Gasteiger partial charge in [0.2, 0.25) is 10.0 Å². The quantitative estimate of drug-likeness (QED) is 0.840. The Morgan fingerprint density at radius 1 is 1.12 bits per heavy atom. The summed E-state index contributed by atoms with van der Waals surface area (Å²) in [6, 6.07) is 0.309. The molecule has 2 aliphatic heterocycles. The zero-order valence-corrected chi connectivity index (χ0v) is 15.7. The summed E-state index contributed by atoms with van der Waals surface area (Å²) in [7, 11) is -3.20. The number of carbonyl (C=O) groups is 1. The van der Waals surface area contributed by atoms with E-state index in [2.05, 4.69) is 19.2 Å². The van der Waals surface area contributed by atoms with E-state index in [0.717, 1.165) is 19.3 Å². The Labute approximate surface area is 146 Å². The second kappa shape index (κ2) is 7.20. The van der Waals surface area contributed by atoms with Crippen LogP contribution in [-0.2, 0) is 10.0 Å². The van der Waals surface area contributed by atoms with Crippen molar-refractivity contribution in [2.24, 2.45) is 11.8 Å². The van der Waals surface area contributed by atoms with Crippen molar-refractivity contribution < 1.29 is 13.2 Å². The van der Waals surface area contributed by atoms with Gasteiger partial charge >= 0.3 is 6.03 Å². The summed E-state index contributed by atoms with van der Waals surface area (Å²) in [5, 5.41) is 2.82. The maximum Gasteiger partial charge on any atom is 0.317 e. The van der Waals surface area contributed by atoms with E-state index < -0.39 is 10.0 Å². The Balaban J connectivity index is 1.60. The van der Waals surface area contributed by atoms with Gasteiger partial charge in [0.05, 0.1) is 5.25 Å². The van der Waals surface area contributed by atoms with Gasteiger partial charge in [0, 0.05) is 32.2 Å². The van der Waals surface area contributed by atoms with Crippen molar-refractivity contribution in [3.63, 3.8) is 0 Å². The predicted molar refractivity (Wildman–Crippen MR) is 94.2 cm³/mol. The number of amides is 2. The molecule has 0 radical (unpaired) electrons. The summed E-state index contributed by atoms with van der Waals surface area (Å²) >= 11 is 0. The number of nitrogens with zero attached hydrogens (tertiary/aromatic N) is 2. The van der Waals surface area contributed by atoms with Gasteiger partial charge in [0.15, 0.2) is 0 Å². The predicted octanol–water partition coefficient (Wildman–Crippen LogP) is 2.02. The number of hydrogen-bond donors (Lipinski definition) is 1. The van der Waals surface area contributed by atoms with Gasteiger partial charge in [-0.05, 0) is 37.5 Å². The van der Waals surface area contributed by atoms with Crippen LogP contribution < -0.4 is 5.32 Å². The number of carbonyl (C=O) groups excluding carboxylic acids is 1. The third kappa shape index (κ3) is 3.72. The molecule has 0 aromatic rings. The summed E-state index contributed by atoms with van der Waals surface area (Å²) in [5.41, 5.74) is 0. The highest BCUT2D eigenvalue weighted by Crippen LogP contribution is 2.34. The molecule has 3 rings (SSSR count). The second-order valence-corrected chi connectivity index (χ2v) is 10.2. The van der Waals surface area contributed by atoms with Crippen molar-refractivity contribution in [3.8, 4) is 0 Å². The minimum Gasteiger partial charge on any atom is -0.335 e. The van der Waals surface area contributed by atoms with Crippen LogP contribution >= 0.6 is 0 Å². The Morgan fingerprint density at radius 3 is 2.46 bits per heavy atom. The average Bonchev–Trinajstić information content (AvgIpc) is 3.00. The van der Waals surface area contributed by atoms with Crippen LogP contribution in [0.4, 0.5) is 4.79 Å². The SMILES string of the molecule is CC(C)CN1C[C@@H]2CCN(C(=O)NC3CCCC3)CC[C@H]2S1(=O)=O. The zero-order chi connectivity index (χ0) is 17.3. The standard InChI is InChI=1S/C17H31N3O3S/c1-13(2)11-20-12-14-7-9-19(10-8-16(14)24(20,22)23)17(21)18-15-5-3-4-6-15/h13-16H,3-12H2,1-2H3,(H,18,21)/t14-,16+/m0/s1. The lowest BCUT2D eigenvalue weighted by molar-refractivity contribution is 0.194. The first-order valence-corrected chi connectivity index (χ1v) is 10.9. The topological polar surface area (TPSA) is 69.7 Å². The van der Waals surface area contributed by atoms with Gasteiger partial charge in [-0.1, -0.05) is 26.7 Å². The number of urea groups is 1. The van der Waals surface area contributed by atoms with E-state index >= 15 is 0 Å². The van der Waals surface area contributed by atoms with Crippen LogP contribution in [0, 0.1) is 11.8 Å². The van der Waals surface area contributed by atoms with Crippen LogP contribution in [0.5, 0.6) is 0 Å². The van der Waals surface area contributed by atoms with Crippen LogP contribution in [0.2, 0.25) is 0 Å². The van der Waals surface area contributed by atoms with Crippen LogP contribution in [0.1, 0.15) is 52.4 Å². The summed E-state index contributed by atoms with van der Waals surface area (Å²) in [4.78, 5) is 14.3. The van der Waals surface area contributed by atoms with Crippen molar-refractivity contribution in [2.45, 2.75) is 63.7 Å². The molecule has 6 nitrogen and oxygen atoms in total. The minimum absolute atomic E-state index is 0.00157. The highest BCUT2D eigenvalue weighted by molar-refractivity contribution is 7.90. The molecular weight excluding hydrogens is 326 g/mol. The average molecular weight is 358 g/mol. The third-order valence-electron chi connectivity index (χ3n) is 5.70. The molecule has 7 heteroatoms. The number of nitrogens with one attached hydrogen (secondary N) is 1. The van der Waals surface area contributed by atoms with Gasteiger partial charge < -0.3 is 10.2 Å². The number of hydrogen-bond acceptors (Lipinski definition) is 3. The van der Waals surface area contributed by atoms with Gasteiger partial charge in [0.1, 0.15) is 0 Å². The normalized spacial score (nSPS) is 31.2. The number of sulfonamides is 1. The lowest BCUT2D eigenvalue weighted by Crippen LogP contribution is -2.45. The summed E-state index contributed by atoms with van der Waals surface area (Å²) in [6.45, 7) is 6.57. The molecule has 138 valence electrons. The number of likely N-dealkylation sites (tertiary alicyclic amines) is 1. The van der Waals surface area contributed by atoms with Crippen LogP contribution in [0.25, 0.3) is 0 Å². The van der Waals surface area contributed by atoms with Crippen molar-refractivity contribution in [3.05, 3.63) is 0 Å². The molecule has 24 heavy (non-hydrogen) atoms. The van der Waals surface area contributed by atoms with Gasteiger partial charge in [-0.2, -0.15) is 0 Å². The highest BCUT2D eigenvalue weighted by atomic mass is 32.2. The second-order valence-electron chi connectivity index (χ2n) is 8.05. The van der Waals surface area contributed by atoms with Crippen LogP contribution in [0.15, 0.2) is 0 Å². The van der Waals surface area contributed by atoms with Crippen LogP contribution in [-0.4, -0.2) is 61.1 Å². The molecule has 1 saturated carbocycles. The first-order valence-electron chi connectivity index (χ1n) is 9.42. The Kier molecular flexibility index (Phi) is 5.39. The van der Waals surface area contributed by atoms with E-state index in [1.165, 1.54) is 12.8 Å². The maximum absolute atomic E-state index is 12.8. The first-order chi connectivity index (χ1) is 11.4. The lowest BCUT2D eigenvalue weighted by atomic mass is 10.0. The summed E-state index contributed by atoms with van der Waals surface area (Å²) < 4.78 is 27.2. The summed E-state index contributed by atoms with van der Waals surface area (Å²) in [6.07, 6.45) is 5.89. The van der Waals surface area contributed by atoms with Gasteiger partial charge in [-0.3, -0.25) is 0 Å². The molecule has 3 fully saturated rings. The van der Waals surface area contributed by atoms with E-state index in [9.17, 15) is 13.2 Å². The van der Waals surface area contributed by atoms with Gasteiger partial charge in [0.25, 0.3) is 0 Å². The molecule has 0 spiro atoms. The smallest absolute Gasteiger partial charge is 0.317 e. The first kappa shape index (κ1) is 18.0. The van der Waals surface area contributed by atoms with E-state index in [4.69, 9.17) is 0 Å². The zero-order valence-electron chi connectivity index (χ0n) is 14.9. The minimum atomic E-state index is -3.20. The molecule has 2 atom stereocenters. The van der Waals surface area contributed by atoms with E-state index in [0.29, 0.717) is 44.6 Å². The molecule has 2 heterocycles. The molecule has 2 saturated heterocycles. The maximum atomic E-state index is 12.8. The van der Waals surface area contributed by atoms with Crippen LogP contribution in [0.3, 0.4) is 0 Å². The third-order valence-corrected chi connectivity index (χ3v) is 8.10. The lowest BCUT2D eigenvalue weighted by Gasteiger charge is -2.24. The molecule has 3 aliphatic rings. The fourth-order valence-corrected chi connectivity index (χ4v) is 6.82. The van der Waals surface area contributed by atoms with Crippen molar-refractivity contribution in [1.82, 2.24) is 14.5 Å². The Bertz CT molecular complexity index is 557. The molecule has 0 aromatic heterocycles. The molecule has 1 aliphatic carbocycles. The van der Waals surface area contributed by atoms with Gasteiger partial charge in [-0.25, -0.2) is 17.5 Å². The van der Waals surface area contributed by atoms with Crippen molar-refractivity contribution in [2.75, 3.05) is 26.2 Å². The molecular formula is C17H31N3O3S. The van der Waals surface area contributed by atoms with E-state index in [1.54, 1.807) is 4.31 Å². The molecule has 0 unspecified atom stereocenters. The van der Waals surface area contributed by atoms with Gasteiger partial charge in [-0.15, -0.1) is 0 Å². The summed E-state index contributed by atoms with van der Waals surface area (Å²) in [5.74, 6) is 0.508. The molecule has 0 aromatic carbocycles. The number of fused-ring (bicyclic) bond motifs is 1. The van der Waals surface area contributed by atoms with E-state index in [-0.39, 0.29) is 17.2 Å². The monoisotopic (exact) mass is 357 g/mol. The molecule has 1 N–H and O–H groups in total. The largest absolute Gasteiger partial charge is 0.335 e. The Hall–Kier alpha value is -0.820. The van der Waals surface area contributed by atoms with Crippen molar-refractivity contribution in [1.29, 1.82) is 0 Å². The number of rotatable bonds is 3. The fraction of sp³-hybridized carbons (Fsp3) is 0.941. The Morgan fingerprint density at radius 2 is 1.79 bits per heavy atom. The van der Waals surface area contributed by atoms with Crippen molar-refractivity contribution >= 4 is 16.1 Å². The van der Waals surface area contributed by atoms with E-state index in [1.807, 2.05) is 4.90 Å². The fourth-order valence-electron chi connectivity index (χ4n) is 4.42. The molecule has 2 amide bonds.